The maximum absolute atomic E-state index is 12.8. The summed E-state index contributed by atoms with van der Waals surface area (Å²) in [6, 6.07) is 4.80. The van der Waals surface area contributed by atoms with E-state index in [0.717, 1.165) is 12.0 Å². The van der Waals surface area contributed by atoms with Crippen LogP contribution in [0.2, 0.25) is 0 Å². The SMILES string of the molecule is CC(=O)Nc1cc(S(=O)(=O)N2CCC(C)(CN)C2)ccc1C. The van der Waals surface area contributed by atoms with Crippen LogP contribution in [0, 0.1) is 12.3 Å². The third kappa shape index (κ3) is 3.31. The predicted octanol–water partition coefficient (Wildman–Crippen LogP) is 1.31. The van der Waals surface area contributed by atoms with E-state index >= 15 is 0 Å². The molecule has 0 spiro atoms. The van der Waals surface area contributed by atoms with Crippen molar-refractivity contribution in [1.82, 2.24) is 4.31 Å². The summed E-state index contributed by atoms with van der Waals surface area (Å²) < 4.78 is 27.0. The van der Waals surface area contributed by atoms with Gasteiger partial charge in [0.05, 0.1) is 4.90 Å². The number of nitrogens with zero attached hydrogens (tertiary/aromatic N) is 1. The minimum Gasteiger partial charge on any atom is -0.330 e. The summed E-state index contributed by atoms with van der Waals surface area (Å²) in [7, 11) is -3.57. The lowest BCUT2D eigenvalue weighted by Gasteiger charge is -2.22. The molecule has 6 nitrogen and oxygen atoms in total. The van der Waals surface area contributed by atoms with Crippen LogP contribution in [0.25, 0.3) is 0 Å². The molecule has 1 heterocycles. The van der Waals surface area contributed by atoms with Crippen LogP contribution in [0.3, 0.4) is 0 Å². The van der Waals surface area contributed by atoms with Gasteiger partial charge in [0, 0.05) is 25.7 Å². The summed E-state index contributed by atoms with van der Waals surface area (Å²) >= 11 is 0. The number of aryl methyl sites for hydroxylation is 1. The number of hydrogen-bond acceptors (Lipinski definition) is 4. The van der Waals surface area contributed by atoms with Gasteiger partial charge in [0.2, 0.25) is 15.9 Å². The van der Waals surface area contributed by atoms with E-state index in [1.807, 2.05) is 13.8 Å². The first-order valence-electron chi connectivity index (χ1n) is 7.26. The van der Waals surface area contributed by atoms with E-state index in [9.17, 15) is 13.2 Å². The molecule has 0 saturated carbocycles. The lowest BCUT2D eigenvalue weighted by atomic mass is 9.90. The molecule has 1 aliphatic rings. The standard InChI is InChI=1S/C15H23N3O3S/c1-11-4-5-13(8-14(11)17-12(2)19)22(20,21)18-7-6-15(3,9-16)10-18/h4-5,8H,6-7,9-10,16H2,1-3H3,(H,17,19). The average Bonchev–Trinajstić information content (AvgIpc) is 2.85. The highest BCUT2D eigenvalue weighted by molar-refractivity contribution is 7.89. The van der Waals surface area contributed by atoms with Crippen LogP contribution in [0.1, 0.15) is 25.8 Å². The van der Waals surface area contributed by atoms with Crippen molar-refractivity contribution < 1.29 is 13.2 Å². The van der Waals surface area contributed by atoms with Gasteiger partial charge in [-0.1, -0.05) is 13.0 Å². The molecule has 1 saturated heterocycles. The quantitative estimate of drug-likeness (QED) is 0.873. The maximum Gasteiger partial charge on any atom is 0.243 e. The second-order valence-corrected chi connectivity index (χ2v) is 8.20. The van der Waals surface area contributed by atoms with Gasteiger partial charge in [-0.15, -0.1) is 0 Å². The van der Waals surface area contributed by atoms with Crippen LogP contribution in [0.15, 0.2) is 23.1 Å². The van der Waals surface area contributed by atoms with Gasteiger partial charge in [-0.3, -0.25) is 4.79 Å². The second kappa shape index (κ2) is 5.98. The number of anilines is 1. The molecular formula is C15H23N3O3S. The summed E-state index contributed by atoms with van der Waals surface area (Å²) in [4.78, 5) is 11.4. The molecule has 122 valence electrons. The van der Waals surface area contributed by atoms with E-state index in [-0.39, 0.29) is 16.2 Å². The average molecular weight is 325 g/mol. The molecule has 1 unspecified atom stereocenters. The minimum atomic E-state index is -3.57. The first-order chi connectivity index (χ1) is 10.2. The van der Waals surface area contributed by atoms with Crippen molar-refractivity contribution in [3.63, 3.8) is 0 Å². The van der Waals surface area contributed by atoms with Crippen molar-refractivity contribution in [3.8, 4) is 0 Å². The number of carbonyl (C=O) groups excluding carboxylic acids is 1. The summed E-state index contributed by atoms with van der Waals surface area (Å²) in [6.07, 6.45) is 0.757. The first kappa shape index (κ1) is 16.9. The molecular weight excluding hydrogens is 302 g/mol. The zero-order chi connectivity index (χ0) is 16.5. The molecule has 0 aliphatic carbocycles. The van der Waals surface area contributed by atoms with E-state index in [2.05, 4.69) is 5.32 Å². The van der Waals surface area contributed by atoms with E-state index in [0.29, 0.717) is 25.3 Å². The molecule has 1 aliphatic heterocycles. The van der Waals surface area contributed by atoms with Crippen molar-refractivity contribution in [2.45, 2.75) is 32.1 Å². The van der Waals surface area contributed by atoms with Crippen LogP contribution < -0.4 is 11.1 Å². The number of sulfonamides is 1. The molecule has 1 aromatic carbocycles. The molecule has 2 rings (SSSR count). The third-order valence-corrected chi connectivity index (χ3v) is 6.01. The van der Waals surface area contributed by atoms with E-state index < -0.39 is 10.0 Å². The number of nitrogens with one attached hydrogen (secondary N) is 1. The highest BCUT2D eigenvalue weighted by atomic mass is 32.2. The Balaban J connectivity index is 2.32. The molecule has 7 heteroatoms. The fourth-order valence-electron chi connectivity index (χ4n) is 2.59. The zero-order valence-corrected chi connectivity index (χ0v) is 14.0. The smallest absolute Gasteiger partial charge is 0.243 e. The van der Waals surface area contributed by atoms with Gasteiger partial charge in [-0.05, 0) is 43.0 Å². The minimum absolute atomic E-state index is 0.168. The number of rotatable bonds is 4. The molecule has 0 radical (unpaired) electrons. The van der Waals surface area contributed by atoms with Gasteiger partial charge in [0.15, 0.2) is 0 Å². The molecule has 22 heavy (non-hydrogen) atoms. The fraction of sp³-hybridized carbons (Fsp3) is 0.533. The topological polar surface area (TPSA) is 92.5 Å². The fourth-order valence-corrected chi connectivity index (χ4v) is 4.20. The normalized spacial score (nSPS) is 22.7. The second-order valence-electron chi connectivity index (χ2n) is 6.26. The van der Waals surface area contributed by atoms with Crippen molar-refractivity contribution in [2.75, 3.05) is 25.0 Å². The Hall–Kier alpha value is -1.44. The van der Waals surface area contributed by atoms with E-state index in [1.54, 1.807) is 12.1 Å². The lowest BCUT2D eigenvalue weighted by Crippen LogP contribution is -2.34. The van der Waals surface area contributed by atoms with Crippen LogP contribution in [-0.4, -0.2) is 38.3 Å². The summed E-state index contributed by atoms with van der Waals surface area (Å²) in [6.45, 7) is 6.58. The summed E-state index contributed by atoms with van der Waals surface area (Å²) in [5.74, 6) is -0.227. The van der Waals surface area contributed by atoms with Gasteiger partial charge in [-0.2, -0.15) is 4.31 Å². The Kier molecular flexibility index (Phi) is 4.60. The van der Waals surface area contributed by atoms with Gasteiger partial charge < -0.3 is 11.1 Å². The Morgan fingerprint density at radius 2 is 2.14 bits per heavy atom. The summed E-state index contributed by atoms with van der Waals surface area (Å²) in [5.41, 5.74) is 6.92. The van der Waals surface area contributed by atoms with E-state index in [1.165, 1.54) is 17.3 Å². The number of amides is 1. The molecule has 0 bridgehead atoms. The highest BCUT2D eigenvalue weighted by Gasteiger charge is 2.39. The van der Waals surface area contributed by atoms with Crippen LogP contribution in [0.5, 0.6) is 0 Å². The Morgan fingerprint density at radius 3 is 2.68 bits per heavy atom. The largest absolute Gasteiger partial charge is 0.330 e. The van der Waals surface area contributed by atoms with Crippen molar-refractivity contribution in [1.29, 1.82) is 0 Å². The number of carbonyl (C=O) groups is 1. The number of benzene rings is 1. The molecule has 0 aromatic heterocycles. The lowest BCUT2D eigenvalue weighted by molar-refractivity contribution is -0.114. The maximum atomic E-state index is 12.8. The Bertz CT molecular complexity index is 687. The Morgan fingerprint density at radius 1 is 1.45 bits per heavy atom. The number of hydrogen-bond donors (Lipinski definition) is 2. The summed E-state index contributed by atoms with van der Waals surface area (Å²) in [5, 5.41) is 2.66. The van der Waals surface area contributed by atoms with Crippen LogP contribution >= 0.6 is 0 Å². The zero-order valence-electron chi connectivity index (χ0n) is 13.2. The van der Waals surface area contributed by atoms with Gasteiger partial charge in [-0.25, -0.2) is 8.42 Å². The third-order valence-electron chi connectivity index (χ3n) is 4.17. The molecule has 1 fully saturated rings. The van der Waals surface area contributed by atoms with Crippen LogP contribution in [0.4, 0.5) is 5.69 Å². The van der Waals surface area contributed by atoms with Crippen LogP contribution in [-0.2, 0) is 14.8 Å². The molecule has 1 aromatic rings. The van der Waals surface area contributed by atoms with Gasteiger partial charge in [0.25, 0.3) is 0 Å². The predicted molar refractivity (Wildman–Crippen MR) is 86.0 cm³/mol. The monoisotopic (exact) mass is 325 g/mol. The number of nitrogens with two attached hydrogens (primary N) is 1. The molecule has 1 atom stereocenters. The first-order valence-corrected chi connectivity index (χ1v) is 8.70. The molecule has 1 amide bonds. The van der Waals surface area contributed by atoms with Gasteiger partial charge >= 0.3 is 0 Å². The Labute approximate surface area is 131 Å². The van der Waals surface area contributed by atoms with Crippen molar-refractivity contribution in [3.05, 3.63) is 23.8 Å². The van der Waals surface area contributed by atoms with E-state index in [4.69, 9.17) is 5.73 Å². The molecule has 3 N–H and O–H groups in total. The van der Waals surface area contributed by atoms with Crippen molar-refractivity contribution in [2.24, 2.45) is 11.1 Å². The van der Waals surface area contributed by atoms with Gasteiger partial charge in [0.1, 0.15) is 0 Å². The highest BCUT2D eigenvalue weighted by Crippen LogP contribution is 2.33. The van der Waals surface area contributed by atoms with Crippen molar-refractivity contribution >= 4 is 21.6 Å².